The van der Waals surface area contributed by atoms with E-state index in [0.29, 0.717) is 23.7 Å². The highest BCUT2D eigenvalue weighted by Gasteiger charge is 2.57. The van der Waals surface area contributed by atoms with E-state index in [0.717, 1.165) is 60.1 Å². The van der Waals surface area contributed by atoms with E-state index in [4.69, 9.17) is 15.2 Å². The first-order valence-electron chi connectivity index (χ1n) is 14.7. The molecule has 7 rings (SSSR count). The summed E-state index contributed by atoms with van der Waals surface area (Å²) in [6.07, 6.45) is 2.38. The lowest BCUT2D eigenvalue weighted by Crippen LogP contribution is -2.71. The average molecular weight is 606 g/mol. The molecule has 2 atom stereocenters. The maximum Gasteiger partial charge on any atom is 0.355 e. The Morgan fingerprint density at radius 2 is 1.70 bits per heavy atom. The molecule has 4 saturated heterocycles. The van der Waals surface area contributed by atoms with Gasteiger partial charge in [-0.05, 0) is 23.3 Å². The number of methoxy groups -OCH3 is 1. The number of β-lactam (4-membered cyclic amide) rings is 1. The molecule has 43 heavy (non-hydrogen) atoms. The van der Waals surface area contributed by atoms with Crippen molar-refractivity contribution in [2.24, 2.45) is 11.1 Å². The molecular weight excluding hydrogens is 568 g/mol. The number of carbonyl (C=O) groups is 4. The predicted molar refractivity (Wildman–Crippen MR) is 160 cm³/mol. The fourth-order valence-electron chi connectivity index (χ4n) is 6.81. The number of primary amides is 1. The maximum atomic E-state index is 13.7. The second-order valence-electron chi connectivity index (χ2n) is 12.1. The van der Waals surface area contributed by atoms with Crippen molar-refractivity contribution in [1.82, 2.24) is 10.2 Å². The minimum Gasteiger partial charge on any atom is -0.497 e. The van der Waals surface area contributed by atoms with Gasteiger partial charge in [-0.3, -0.25) is 19.3 Å². The first kappa shape index (κ1) is 29.3. The zero-order chi connectivity index (χ0) is 30.2. The number of thioether (sulfide) groups is 1. The van der Waals surface area contributed by atoms with E-state index >= 15 is 0 Å². The Morgan fingerprint density at radius 1 is 1.02 bits per heavy atom. The van der Waals surface area contributed by atoms with Crippen LogP contribution in [0.15, 0.2) is 65.9 Å². The van der Waals surface area contributed by atoms with Gasteiger partial charge in [0.1, 0.15) is 36.0 Å². The number of ether oxygens (including phenoxy) is 2. The van der Waals surface area contributed by atoms with Gasteiger partial charge in [-0.2, -0.15) is 0 Å². The van der Waals surface area contributed by atoms with Gasteiger partial charge in [0, 0.05) is 30.6 Å². The van der Waals surface area contributed by atoms with Gasteiger partial charge < -0.3 is 25.0 Å². The Balaban J connectivity index is 1.21. The summed E-state index contributed by atoms with van der Waals surface area (Å²) >= 11 is 1.56. The summed E-state index contributed by atoms with van der Waals surface area (Å²) in [5.74, 6) is -0.0467. The molecule has 2 aromatic rings. The number of nitrogens with zero attached hydrogens (tertiary/aromatic N) is 2. The number of quaternary nitrogens is 1. The molecule has 3 amide bonds. The molecule has 10 nitrogen and oxygen atoms in total. The average Bonchev–Trinajstić information content (AvgIpc) is 3.03. The Hall–Kier alpha value is -3.83. The lowest BCUT2D eigenvalue weighted by Gasteiger charge is -2.55. The number of hydrogen-bond donors (Lipinski definition) is 2. The highest BCUT2D eigenvalue weighted by atomic mass is 32.2. The smallest absolute Gasteiger partial charge is 0.355 e. The molecule has 5 aliphatic heterocycles. The number of benzene rings is 2. The van der Waals surface area contributed by atoms with Crippen LogP contribution in [-0.4, -0.2) is 83.5 Å². The quantitative estimate of drug-likeness (QED) is 0.241. The van der Waals surface area contributed by atoms with E-state index < -0.39 is 17.4 Å². The normalized spacial score (nSPS) is 27.7. The lowest BCUT2D eigenvalue weighted by atomic mass is 9.70. The third-order valence-corrected chi connectivity index (χ3v) is 10.9. The number of hydrogen-bond acceptors (Lipinski definition) is 7. The number of fused-ring (bicyclic) bond motifs is 4. The Bertz CT molecular complexity index is 1440. The van der Waals surface area contributed by atoms with E-state index in [1.54, 1.807) is 31.0 Å². The van der Waals surface area contributed by atoms with Gasteiger partial charge >= 0.3 is 5.97 Å². The number of carbonyl (C=O) groups excluding carboxylic acids is 4. The van der Waals surface area contributed by atoms with Crippen LogP contribution in [0.2, 0.25) is 0 Å². The van der Waals surface area contributed by atoms with Crippen LogP contribution in [0.3, 0.4) is 0 Å². The van der Waals surface area contributed by atoms with E-state index in [2.05, 4.69) is 5.32 Å². The topological polar surface area (TPSA) is 128 Å². The summed E-state index contributed by atoms with van der Waals surface area (Å²) in [5.41, 5.74) is 8.18. The van der Waals surface area contributed by atoms with E-state index in [1.807, 2.05) is 42.5 Å². The van der Waals surface area contributed by atoms with Gasteiger partial charge in [-0.25, -0.2) is 4.79 Å². The molecule has 2 aromatic carbocycles. The molecule has 4 fully saturated rings. The maximum absolute atomic E-state index is 13.7. The van der Waals surface area contributed by atoms with Gasteiger partial charge in [0.15, 0.2) is 0 Å². The van der Waals surface area contributed by atoms with Crippen LogP contribution >= 0.6 is 11.8 Å². The predicted octanol–water partition coefficient (Wildman–Crippen LogP) is 2.12. The van der Waals surface area contributed by atoms with Crippen molar-refractivity contribution in [3.05, 3.63) is 77.0 Å². The molecule has 0 saturated carbocycles. The number of piperidine rings is 3. The Kier molecular flexibility index (Phi) is 7.95. The Morgan fingerprint density at radius 3 is 2.33 bits per heavy atom. The monoisotopic (exact) mass is 605 g/mol. The standard InChI is InChI=1S/C32H36N4O6S/c1-41-24-9-7-22(8-10-24)19-42-30(39)27-23(18-36-14-11-32(12-15-36,13-16-36)31(33)40)20-43-29-26(28(38)35(27)29)34-25(37)17-21-5-3-2-4-6-21/h2-10,26,29H,11-20H2,1H3,(H2-,33,34,37,40)/p+1/t26-,29-,32?,36?/m1/s1. The highest BCUT2D eigenvalue weighted by molar-refractivity contribution is 8.00. The van der Waals surface area contributed by atoms with E-state index in [1.165, 1.54) is 4.90 Å². The zero-order valence-corrected chi connectivity index (χ0v) is 25.1. The summed E-state index contributed by atoms with van der Waals surface area (Å²) in [4.78, 5) is 53.8. The molecule has 0 radical (unpaired) electrons. The molecule has 2 bridgehead atoms. The summed E-state index contributed by atoms with van der Waals surface area (Å²) in [6.45, 7) is 3.08. The number of nitrogens with one attached hydrogen (secondary N) is 1. The second kappa shape index (κ2) is 11.7. The molecule has 0 unspecified atom stereocenters. The summed E-state index contributed by atoms with van der Waals surface area (Å²) in [7, 11) is 1.59. The van der Waals surface area contributed by atoms with Gasteiger partial charge in [0.25, 0.3) is 5.91 Å². The molecular formula is C32H37N4O6S+. The largest absolute Gasteiger partial charge is 0.497 e. The van der Waals surface area contributed by atoms with Gasteiger partial charge in [-0.1, -0.05) is 42.5 Å². The third-order valence-electron chi connectivity index (χ3n) is 9.54. The van der Waals surface area contributed by atoms with Crippen LogP contribution in [0.25, 0.3) is 0 Å². The molecule has 11 heteroatoms. The number of nitrogens with two attached hydrogens (primary N) is 1. The lowest BCUT2D eigenvalue weighted by molar-refractivity contribution is -0.940. The summed E-state index contributed by atoms with van der Waals surface area (Å²) in [5, 5.41) is 2.51. The van der Waals surface area contributed by atoms with Crippen molar-refractivity contribution in [3.8, 4) is 5.75 Å². The van der Waals surface area contributed by atoms with Crippen molar-refractivity contribution < 1.29 is 33.1 Å². The van der Waals surface area contributed by atoms with Crippen molar-refractivity contribution in [3.63, 3.8) is 0 Å². The summed E-state index contributed by atoms with van der Waals surface area (Å²) < 4.78 is 11.8. The van der Waals surface area contributed by atoms with Gasteiger partial charge in [0.2, 0.25) is 11.8 Å². The van der Waals surface area contributed by atoms with Gasteiger partial charge in [0.05, 0.1) is 38.6 Å². The minimum atomic E-state index is -0.708. The van der Waals surface area contributed by atoms with E-state index in [9.17, 15) is 19.2 Å². The number of rotatable bonds is 10. The van der Waals surface area contributed by atoms with Crippen molar-refractivity contribution >= 4 is 35.5 Å². The van der Waals surface area contributed by atoms with E-state index in [-0.39, 0.29) is 36.1 Å². The molecule has 5 heterocycles. The van der Waals surface area contributed by atoms with Crippen LogP contribution in [0.4, 0.5) is 0 Å². The highest BCUT2D eigenvalue weighted by Crippen LogP contribution is 2.46. The SMILES string of the molecule is COc1ccc(COC(=O)C2=C(C[N+]34CCC(C(N)=O)(CC3)CC4)CS[C@@H]3[C@H](NC(=O)Cc4ccccc4)C(=O)N23)cc1. The second-order valence-corrected chi connectivity index (χ2v) is 13.2. The minimum absolute atomic E-state index is 0.0534. The molecule has 0 aromatic heterocycles. The molecule has 0 aliphatic carbocycles. The van der Waals surface area contributed by atoms with Gasteiger partial charge in [-0.15, -0.1) is 11.8 Å². The fraction of sp³-hybridized carbons (Fsp3) is 0.438. The van der Waals surface area contributed by atoms with Crippen LogP contribution in [0.5, 0.6) is 5.75 Å². The number of esters is 1. The summed E-state index contributed by atoms with van der Waals surface area (Å²) in [6, 6.07) is 15.9. The van der Waals surface area contributed by atoms with Crippen molar-refractivity contribution in [2.75, 3.05) is 39.0 Å². The first-order chi connectivity index (χ1) is 20.7. The third kappa shape index (κ3) is 5.63. The molecule has 3 N–H and O–H groups in total. The van der Waals surface area contributed by atoms with Crippen LogP contribution in [0.1, 0.15) is 30.4 Å². The zero-order valence-electron chi connectivity index (χ0n) is 24.3. The molecule has 5 aliphatic rings. The fourth-order valence-corrected chi connectivity index (χ4v) is 8.15. The van der Waals surface area contributed by atoms with Crippen LogP contribution < -0.4 is 15.8 Å². The van der Waals surface area contributed by atoms with Crippen LogP contribution in [-0.2, 0) is 36.9 Å². The first-order valence-corrected chi connectivity index (χ1v) is 15.7. The van der Waals surface area contributed by atoms with Crippen LogP contribution in [0, 0.1) is 5.41 Å². The molecule has 226 valence electrons. The Labute approximate surface area is 255 Å². The molecule has 0 spiro atoms. The number of amides is 3. The van der Waals surface area contributed by atoms with Crippen molar-refractivity contribution in [1.29, 1.82) is 0 Å². The van der Waals surface area contributed by atoms with Crippen molar-refractivity contribution in [2.45, 2.75) is 43.7 Å².